The molecule has 8 nitrogen and oxygen atoms in total. The van der Waals surface area contributed by atoms with Crippen molar-refractivity contribution in [1.82, 2.24) is 19.1 Å². The summed E-state index contributed by atoms with van der Waals surface area (Å²) < 4.78 is 2.88. The Morgan fingerprint density at radius 1 is 1.38 bits per heavy atom. The van der Waals surface area contributed by atoms with Gasteiger partial charge in [-0.25, -0.2) is 9.78 Å². The molecule has 24 heavy (non-hydrogen) atoms. The number of hydrogen-bond donors (Lipinski definition) is 2. The van der Waals surface area contributed by atoms with E-state index in [1.807, 2.05) is 0 Å². The fourth-order valence-electron chi connectivity index (χ4n) is 2.54. The number of benzene rings is 1. The van der Waals surface area contributed by atoms with E-state index < -0.39 is 11.2 Å². The van der Waals surface area contributed by atoms with Crippen LogP contribution in [0.4, 0.5) is 0 Å². The third kappa shape index (κ3) is 2.56. The molecule has 0 fully saturated rings. The number of nitrogens with one attached hydrogen (secondary N) is 1. The second-order valence-electron chi connectivity index (χ2n) is 5.38. The lowest BCUT2D eigenvalue weighted by Gasteiger charge is -2.08. The molecule has 2 N–H and O–H groups in total. The maximum absolute atomic E-state index is 12.6. The molecule has 3 aromatic rings. The van der Waals surface area contributed by atoms with Crippen molar-refractivity contribution in [2.75, 3.05) is 0 Å². The Bertz CT molecular complexity index is 1090. The van der Waals surface area contributed by atoms with Crippen molar-refractivity contribution in [2.45, 2.75) is 13.5 Å². The van der Waals surface area contributed by atoms with Gasteiger partial charge in [-0.15, -0.1) is 0 Å². The first-order valence-corrected chi connectivity index (χ1v) is 7.76. The summed E-state index contributed by atoms with van der Waals surface area (Å²) in [5, 5.41) is 9.44. The van der Waals surface area contributed by atoms with Crippen LogP contribution in [0.5, 0.6) is 5.75 Å². The van der Waals surface area contributed by atoms with Crippen LogP contribution in [0.2, 0.25) is 0 Å². The lowest BCUT2D eigenvalue weighted by atomic mass is 10.0. The summed E-state index contributed by atoms with van der Waals surface area (Å²) in [4.78, 5) is 42.7. The molecule has 2 heterocycles. The quantitative estimate of drug-likeness (QED) is 0.511. The van der Waals surface area contributed by atoms with Gasteiger partial charge in [-0.05, 0) is 46.6 Å². The Morgan fingerprint density at radius 3 is 2.75 bits per heavy atom. The summed E-state index contributed by atoms with van der Waals surface area (Å²) in [6.07, 6.45) is 0. The monoisotopic (exact) mass is 392 g/mol. The lowest BCUT2D eigenvalue weighted by Crippen LogP contribution is -2.29. The van der Waals surface area contributed by atoms with Gasteiger partial charge in [0.1, 0.15) is 5.75 Å². The number of carbonyl (C=O) groups excluding carboxylic acids is 1. The van der Waals surface area contributed by atoms with Crippen LogP contribution in [0.15, 0.2) is 32.5 Å². The first-order chi connectivity index (χ1) is 11.3. The highest BCUT2D eigenvalue weighted by molar-refractivity contribution is 9.10. The molecule has 0 bridgehead atoms. The maximum Gasteiger partial charge on any atom is 0.329 e. The number of Topliss-reactive ketones (excluding diaryl/α,β-unsaturated/α-hetero) is 1. The number of aromatic hydroxyl groups is 1. The van der Waals surface area contributed by atoms with E-state index in [4.69, 9.17) is 0 Å². The average Bonchev–Trinajstić information content (AvgIpc) is 2.82. The number of aryl methyl sites for hydroxylation is 2. The van der Waals surface area contributed by atoms with Crippen molar-refractivity contribution in [3.63, 3.8) is 0 Å². The highest BCUT2D eigenvalue weighted by atomic mass is 79.9. The SMILES string of the molecule is Cc1cc(O)ccc1C(=O)Cn1c(Br)nc2c1c(=O)[nH]c(=O)n2C. The summed E-state index contributed by atoms with van der Waals surface area (Å²) >= 11 is 3.23. The molecule has 0 amide bonds. The molecule has 0 unspecified atom stereocenters. The molecule has 0 saturated carbocycles. The number of aromatic amines is 1. The standard InChI is InChI=1S/C15H13BrN4O4/c1-7-5-8(21)3-4-9(7)10(22)6-20-11-12(17-14(20)16)19(2)15(24)18-13(11)23/h3-5,21H,6H2,1-2H3,(H,18,23,24). The number of halogens is 1. The number of H-pyrrole nitrogens is 1. The van der Waals surface area contributed by atoms with Crippen LogP contribution >= 0.6 is 15.9 Å². The van der Waals surface area contributed by atoms with Crippen LogP contribution in [0.1, 0.15) is 15.9 Å². The largest absolute Gasteiger partial charge is 0.508 e. The van der Waals surface area contributed by atoms with Gasteiger partial charge in [-0.2, -0.15) is 0 Å². The second-order valence-corrected chi connectivity index (χ2v) is 6.09. The van der Waals surface area contributed by atoms with Crippen molar-refractivity contribution < 1.29 is 9.90 Å². The molecule has 0 atom stereocenters. The smallest absolute Gasteiger partial charge is 0.329 e. The molecular formula is C15H13BrN4O4. The topological polar surface area (TPSA) is 110 Å². The molecule has 0 aliphatic rings. The maximum atomic E-state index is 12.6. The highest BCUT2D eigenvalue weighted by Gasteiger charge is 2.19. The van der Waals surface area contributed by atoms with Gasteiger partial charge >= 0.3 is 5.69 Å². The predicted octanol–water partition coefficient (Wildman–Crippen LogP) is 1.08. The Labute approximate surface area is 143 Å². The molecule has 3 rings (SSSR count). The number of ketones is 1. The Kier molecular flexibility index (Phi) is 3.88. The zero-order valence-electron chi connectivity index (χ0n) is 12.8. The minimum Gasteiger partial charge on any atom is -0.508 e. The molecule has 2 aromatic heterocycles. The number of fused-ring (bicyclic) bond motifs is 1. The zero-order valence-corrected chi connectivity index (χ0v) is 14.4. The van der Waals surface area contributed by atoms with Crippen LogP contribution in [0, 0.1) is 6.92 Å². The first-order valence-electron chi connectivity index (χ1n) is 6.97. The summed E-state index contributed by atoms with van der Waals surface area (Å²) in [5.74, 6) is -0.175. The number of rotatable bonds is 3. The third-order valence-electron chi connectivity index (χ3n) is 3.77. The average molecular weight is 393 g/mol. The molecule has 9 heteroatoms. The van der Waals surface area contributed by atoms with E-state index in [0.29, 0.717) is 11.1 Å². The molecule has 0 spiro atoms. The molecule has 0 aliphatic carbocycles. The summed E-state index contributed by atoms with van der Waals surface area (Å²) in [5.41, 5.74) is 0.191. The number of aromatic nitrogens is 4. The van der Waals surface area contributed by atoms with Crippen molar-refractivity contribution in [2.24, 2.45) is 7.05 Å². The van der Waals surface area contributed by atoms with E-state index in [-0.39, 0.29) is 34.0 Å². The van der Waals surface area contributed by atoms with Gasteiger partial charge in [0.2, 0.25) is 0 Å². The number of phenols is 1. The van der Waals surface area contributed by atoms with Gasteiger partial charge < -0.3 is 9.67 Å². The third-order valence-corrected chi connectivity index (χ3v) is 4.38. The van der Waals surface area contributed by atoms with E-state index in [2.05, 4.69) is 25.9 Å². The van der Waals surface area contributed by atoms with E-state index in [1.165, 1.54) is 34.4 Å². The van der Waals surface area contributed by atoms with Gasteiger partial charge in [0, 0.05) is 12.6 Å². The minimum absolute atomic E-state index is 0.0738. The van der Waals surface area contributed by atoms with E-state index in [0.717, 1.165) is 0 Å². The van der Waals surface area contributed by atoms with Gasteiger partial charge in [0.15, 0.2) is 21.7 Å². The predicted molar refractivity (Wildman–Crippen MR) is 90.5 cm³/mol. The van der Waals surface area contributed by atoms with Crippen LogP contribution in [-0.2, 0) is 13.6 Å². The zero-order chi connectivity index (χ0) is 17.6. The molecule has 0 saturated heterocycles. The van der Waals surface area contributed by atoms with Crippen LogP contribution in [0.25, 0.3) is 11.2 Å². The number of hydrogen-bond acceptors (Lipinski definition) is 5. The van der Waals surface area contributed by atoms with Gasteiger partial charge in [0.25, 0.3) is 5.56 Å². The summed E-state index contributed by atoms with van der Waals surface area (Å²) in [6, 6.07) is 4.45. The van der Waals surface area contributed by atoms with E-state index in [1.54, 1.807) is 6.92 Å². The van der Waals surface area contributed by atoms with Gasteiger partial charge in [0.05, 0.1) is 6.54 Å². The van der Waals surface area contributed by atoms with E-state index in [9.17, 15) is 19.5 Å². The molecule has 0 radical (unpaired) electrons. The fourth-order valence-corrected chi connectivity index (χ4v) is 3.01. The van der Waals surface area contributed by atoms with Gasteiger partial charge in [-0.1, -0.05) is 0 Å². The van der Waals surface area contributed by atoms with Crippen LogP contribution in [0.3, 0.4) is 0 Å². The van der Waals surface area contributed by atoms with E-state index >= 15 is 0 Å². The number of nitrogens with zero attached hydrogens (tertiary/aromatic N) is 3. The normalized spacial score (nSPS) is 11.1. The molecule has 124 valence electrons. The lowest BCUT2D eigenvalue weighted by molar-refractivity contribution is 0.0972. The Balaban J connectivity index is 2.12. The summed E-state index contributed by atoms with van der Waals surface area (Å²) in [6.45, 7) is 1.58. The van der Waals surface area contributed by atoms with Crippen molar-refractivity contribution >= 4 is 32.9 Å². The molecular weight excluding hydrogens is 380 g/mol. The van der Waals surface area contributed by atoms with Gasteiger partial charge in [-0.3, -0.25) is 19.1 Å². The summed E-state index contributed by atoms with van der Waals surface area (Å²) in [7, 11) is 1.48. The van der Waals surface area contributed by atoms with Crippen molar-refractivity contribution in [3.8, 4) is 5.75 Å². The number of imidazole rings is 1. The number of phenolic OH excluding ortho intramolecular Hbond substituents is 1. The van der Waals surface area contributed by atoms with Crippen molar-refractivity contribution in [3.05, 3.63) is 54.9 Å². The fraction of sp³-hybridized carbons (Fsp3) is 0.200. The van der Waals surface area contributed by atoms with Crippen LogP contribution in [-0.4, -0.2) is 30.0 Å². The Hall–Kier alpha value is -2.68. The first kappa shape index (κ1) is 16.2. The molecule has 1 aromatic carbocycles. The molecule has 0 aliphatic heterocycles. The van der Waals surface area contributed by atoms with Crippen LogP contribution < -0.4 is 11.2 Å². The van der Waals surface area contributed by atoms with Crippen molar-refractivity contribution in [1.29, 1.82) is 0 Å². The Morgan fingerprint density at radius 2 is 2.08 bits per heavy atom. The minimum atomic E-state index is -0.610. The number of carbonyl (C=O) groups is 1. The highest BCUT2D eigenvalue weighted by Crippen LogP contribution is 2.20. The second kappa shape index (κ2) is 5.75.